The molecule has 0 bridgehead atoms. The molecule has 0 spiro atoms. The molecule has 1 rings (SSSR count). The number of hydrogen-bond acceptors (Lipinski definition) is 3. The van der Waals surface area contributed by atoms with Crippen LogP contribution in [0.2, 0.25) is 0 Å². The summed E-state index contributed by atoms with van der Waals surface area (Å²) in [4.78, 5) is 6.19. The Morgan fingerprint density at radius 3 is 2.60 bits per heavy atom. The predicted octanol–water partition coefficient (Wildman–Crippen LogP) is 1.17. The second-order valence-electron chi connectivity index (χ2n) is 4.01. The lowest BCUT2D eigenvalue weighted by Gasteiger charge is -2.10. The summed E-state index contributed by atoms with van der Waals surface area (Å²) in [6, 6.07) is 4.17. The molecule has 1 heterocycles. The molecule has 0 radical (unpaired) electrons. The zero-order valence-electron chi connectivity index (χ0n) is 9.74. The van der Waals surface area contributed by atoms with Crippen molar-refractivity contribution >= 4 is 0 Å². The van der Waals surface area contributed by atoms with Crippen LogP contribution in [-0.2, 0) is 6.42 Å². The maximum Gasteiger partial charge on any atom is 0.0270 e. The van der Waals surface area contributed by atoms with Crippen LogP contribution in [0, 0.1) is 0 Å². The highest BCUT2D eigenvalue weighted by Gasteiger charge is 1.93. The molecule has 15 heavy (non-hydrogen) atoms. The summed E-state index contributed by atoms with van der Waals surface area (Å²) in [7, 11) is 4.19. The fourth-order valence-electron chi connectivity index (χ4n) is 1.39. The molecule has 0 saturated heterocycles. The highest BCUT2D eigenvalue weighted by Crippen LogP contribution is 1.99. The summed E-state index contributed by atoms with van der Waals surface area (Å²) < 4.78 is 0. The number of aromatic nitrogens is 1. The van der Waals surface area contributed by atoms with Crippen LogP contribution in [0.15, 0.2) is 24.5 Å². The summed E-state index contributed by atoms with van der Waals surface area (Å²) in [6.07, 6.45) is 6.04. The second-order valence-corrected chi connectivity index (χ2v) is 4.01. The number of hydrogen-bond donors (Lipinski definition) is 1. The zero-order chi connectivity index (χ0) is 10.9. The maximum atomic E-state index is 4.00. The van der Waals surface area contributed by atoms with Crippen LogP contribution in [0.1, 0.15) is 12.0 Å². The number of nitrogens with zero attached hydrogens (tertiary/aromatic N) is 2. The monoisotopic (exact) mass is 207 g/mol. The van der Waals surface area contributed by atoms with Crippen molar-refractivity contribution < 1.29 is 0 Å². The van der Waals surface area contributed by atoms with Gasteiger partial charge in [-0.3, -0.25) is 4.98 Å². The molecule has 0 aromatic carbocycles. The fraction of sp³-hybridized carbons (Fsp3) is 0.583. The van der Waals surface area contributed by atoms with Gasteiger partial charge in [0.2, 0.25) is 0 Å². The number of aryl methyl sites for hydroxylation is 1. The SMILES string of the molecule is CN(C)CCNCCCc1ccncc1. The van der Waals surface area contributed by atoms with Crippen molar-refractivity contribution in [2.45, 2.75) is 12.8 Å². The smallest absolute Gasteiger partial charge is 0.0270 e. The van der Waals surface area contributed by atoms with Gasteiger partial charge in [0.25, 0.3) is 0 Å². The summed E-state index contributed by atoms with van der Waals surface area (Å²) in [5.74, 6) is 0. The van der Waals surface area contributed by atoms with Gasteiger partial charge in [0.1, 0.15) is 0 Å². The Balaban J connectivity index is 1.98. The molecule has 1 aromatic rings. The Bertz CT molecular complexity index is 246. The highest BCUT2D eigenvalue weighted by molar-refractivity contribution is 5.09. The molecule has 1 N–H and O–H groups in total. The second kappa shape index (κ2) is 7.37. The Hall–Kier alpha value is -0.930. The molecule has 0 saturated carbocycles. The molecule has 0 aliphatic rings. The molecular formula is C12H21N3. The lowest BCUT2D eigenvalue weighted by Crippen LogP contribution is -2.27. The summed E-state index contributed by atoms with van der Waals surface area (Å²) >= 11 is 0. The van der Waals surface area contributed by atoms with Crippen molar-refractivity contribution in [1.82, 2.24) is 15.2 Å². The molecule has 0 aliphatic heterocycles. The Labute approximate surface area is 92.5 Å². The minimum atomic E-state index is 1.07. The van der Waals surface area contributed by atoms with Crippen molar-refractivity contribution in [1.29, 1.82) is 0 Å². The highest BCUT2D eigenvalue weighted by atomic mass is 15.1. The predicted molar refractivity (Wildman–Crippen MR) is 64.0 cm³/mol. The molecule has 0 unspecified atom stereocenters. The number of nitrogens with one attached hydrogen (secondary N) is 1. The van der Waals surface area contributed by atoms with E-state index in [4.69, 9.17) is 0 Å². The van der Waals surface area contributed by atoms with E-state index in [1.54, 1.807) is 0 Å². The largest absolute Gasteiger partial charge is 0.315 e. The molecule has 0 aliphatic carbocycles. The Morgan fingerprint density at radius 1 is 1.20 bits per heavy atom. The molecule has 84 valence electrons. The average molecular weight is 207 g/mol. The van der Waals surface area contributed by atoms with Gasteiger partial charge < -0.3 is 10.2 Å². The molecule has 1 aromatic heterocycles. The van der Waals surface area contributed by atoms with Crippen LogP contribution < -0.4 is 5.32 Å². The Kier molecular flexibility index (Phi) is 5.97. The van der Waals surface area contributed by atoms with E-state index in [2.05, 4.69) is 41.4 Å². The van der Waals surface area contributed by atoms with Gasteiger partial charge in [0.15, 0.2) is 0 Å². The van der Waals surface area contributed by atoms with Gasteiger partial charge in [0, 0.05) is 25.5 Å². The van der Waals surface area contributed by atoms with Gasteiger partial charge in [-0.2, -0.15) is 0 Å². The van der Waals surface area contributed by atoms with Crippen molar-refractivity contribution in [3.8, 4) is 0 Å². The van der Waals surface area contributed by atoms with Crippen LogP contribution in [0.25, 0.3) is 0 Å². The van der Waals surface area contributed by atoms with Gasteiger partial charge >= 0.3 is 0 Å². The van der Waals surface area contributed by atoms with E-state index in [1.807, 2.05) is 12.4 Å². The molecule has 0 fully saturated rings. The van der Waals surface area contributed by atoms with E-state index < -0.39 is 0 Å². The van der Waals surface area contributed by atoms with Crippen LogP contribution in [-0.4, -0.2) is 43.6 Å². The number of rotatable bonds is 7. The van der Waals surface area contributed by atoms with Gasteiger partial charge in [0.05, 0.1) is 0 Å². The first-order valence-corrected chi connectivity index (χ1v) is 5.53. The minimum Gasteiger partial charge on any atom is -0.315 e. The number of pyridine rings is 1. The molecule has 0 amide bonds. The topological polar surface area (TPSA) is 28.2 Å². The molecular weight excluding hydrogens is 186 g/mol. The minimum absolute atomic E-state index is 1.07. The first kappa shape index (κ1) is 12.1. The van der Waals surface area contributed by atoms with Gasteiger partial charge in [-0.25, -0.2) is 0 Å². The van der Waals surface area contributed by atoms with Gasteiger partial charge in [-0.15, -0.1) is 0 Å². The fourth-order valence-corrected chi connectivity index (χ4v) is 1.39. The van der Waals surface area contributed by atoms with Crippen molar-refractivity contribution in [2.24, 2.45) is 0 Å². The summed E-state index contributed by atoms with van der Waals surface area (Å²) in [6.45, 7) is 3.27. The Morgan fingerprint density at radius 2 is 1.93 bits per heavy atom. The third-order valence-corrected chi connectivity index (χ3v) is 2.30. The lowest BCUT2D eigenvalue weighted by molar-refractivity contribution is 0.400. The third-order valence-electron chi connectivity index (χ3n) is 2.30. The van der Waals surface area contributed by atoms with Crippen LogP contribution >= 0.6 is 0 Å². The van der Waals surface area contributed by atoms with Crippen molar-refractivity contribution in [3.05, 3.63) is 30.1 Å². The van der Waals surface area contributed by atoms with Crippen LogP contribution in [0.5, 0.6) is 0 Å². The van der Waals surface area contributed by atoms with E-state index in [9.17, 15) is 0 Å². The lowest BCUT2D eigenvalue weighted by atomic mass is 10.1. The van der Waals surface area contributed by atoms with E-state index in [0.717, 1.165) is 26.1 Å². The molecule has 3 nitrogen and oxygen atoms in total. The normalized spacial score (nSPS) is 10.9. The first-order chi connectivity index (χ1) is 7.29. The third kappa shape index (κ3) is 6.20. The van der Waals surface area contributed by atoms with Crippen molar-refractivity contribution in [3.63, 3.8) is 0 Å². The number of likely N-dealkylation sites (N-methyl/N-ethyl adjacent to an activating group) is 1. The quantitative estimate of drug-likeness (QED) is 0.680. The van der Waals surface area contributed by atoms with E-state index in [0.29, 0.717) is 0 Å². The van der Waals surface area contributed by atoms with E-state index in [-0.39, 0.29) is 0 Å². The van der Waals surface area contributed by atoms with Crippen LogP contribution in [0.4, 0.5) is 0 Å². The standard InChI is InChI=1S/C12H21N3/c1-15(2)11-10-13-7-3-4-12-5-8-14-9-6-12/h5-6,8-9,13H,3-4,7,10-11H2,1-2H3. The van der Waals surface area contributed by atoms with E-state index >= 15 is 0 Å². The average Bonchev–Trinajstić information content (AvgIpc) is 2.24. The summed E-state index contributed by atoms with van der Waals surface area (Å²) in [5, 5.41) is 3.43. The van der Waals surface area contributed by atoms with Gasteiger partial charge in [-0.1, -0.05) is 0 Å². The molecule has 3 heteroatoms. The zero-order valence-corrected chi connectivity index (χ0v) is 9.74. The van der Waals surface area contributed by atoms with Gasteiger partial charge in [-0.05, 0) is 51.2 Å². The van der Waals surface area contributed by atoms with Crippen molar-refractivity contribution in [2.75, 3.05) is 33.7 Å². The summed E-state index contributed by atoms with van der Waals surface area (Å²) in [5.41, 5.74) is 1.37. The molecule has 0 atom stereocenters. The maximum absolute atomic E-state index is 4.00. The van der Waals surface area contributed by atoms with Crippen LogP contribution in [0.3, 0.4) is 0 Å². The van der Waals surface area contributed by atoms with E-state index in [1.165, 1.54) is 12.0 Å². The first-order valence-electron chi connectivity index (χ1n) is 5.53.